The fourth-order valence-corrected chi connectivity index (χ4v) is 3.31. The molecular weight excluding hydrogens is 308 g/mol. The van der Waals surface area contributed by atoms with Gasteiger partial charge in [-0.3, -0.25) is 0 Å². The van der Waals surface area contributed by atoms with Crippen molar-refractivity contribution in [2.24, 2.45) is 5.92 Å². The van der Waals surface area contributed by atoms with Crippen LogP contribution in [0.5, 0.6) is 0 Å². The third-order valence-electron chi connectivity index (χ3n) is 4.81. The van der Waals surface area contributed by atoms with Crippen LogP contribution < -0.4 is 0 Å². The molecule has 0 radical (unpaired) electrons. The van der Waals surface area contributed by atoms with Gasteiger partial charge in [-0.1, -0.05) is 38.5 Å². The zero-order valence-corrected chi connectivity index (χ0v) is 15.4. The molecule has 140 valence electrons. The Morgan fingerprint density at radius 1 is 1.12 bits per heavy atom. The van der Waals surface area contributed by atoms with Gasteiger partial charge in [-0.05, 0) is 39.0 Å². The minimum atomic E-state index is -0.730. The Morgan fingerprint density at radius 2 is 1.83 bits per heavy atom. The molecular formula is C19H34O5. The number of hydrogen-bond donors (Lipinski definition) is 0. The quantitative estimate of drug-likeness (QED) is 0.246. The van der Waals surface area contributed by atoms with Gasteiger partial charge in [0.25, 0.3) is 0 Å². The lowest BCUT2D eigenvalue weighted by Crippen LogP contribution is -2.24. The number of carbonyl (C=O) groups is 1. The van der Waals surface area contributed by atoms with Gasteiger partial charge in [0.2, 0.25) is 5.79 Å². The lowest BCUT2D eigenvalue weighted by Gasteiger charge is -2.15. The molecule has 0 aromatic heterocycles. The largest absolute Gasteiger partial charge is 0.511 e. The number of carbonyl (C=O) groups excluding carboxylic acids is 1. The Bertz CT molecular complexity index is 357. The summed E-state index contributed by atoms with van der Waals surface area (Å²) in [7, 11) is 0. The maximum Gasteiger partial charge on any atom is 0.511 e. The molecule has 0 N–H and O–H groups in total. The van der Waals surface area contributed by atoms with E-state index in [1.807, 2.05) is 0 Å². The van der Waals surface area contributed by atoms with Crippen molar-refractivity contribution in [3.8, 4) is 0 Å². The summed E-state index contributed by atoms with van der Waals surface area (Å²) in [4.78, 5) is 11.5. The summed E-state index contributed by atoms with van der Waals surface area (Å²) in [5.74, 6) is 0.141. The second kappa shape index (κ2) is 10.2. The highest BCUT2D eigenvalue weighted by molar-refractivity contribution is 5.60. The summed E-state index contributed by atoms with van der Waals surface area (Å²) in [6, 6.07) is 0. The molecule has 0 bridgehead atoms. The van der Waals surface area contributed by atoms with E-state index in [1.54, 1.807) is 13.8 Å². The van der Waals surface area contributed by atoms with Crippen LogP contribution in [0.4, 0.5) is 4.79 Å². The van der Waals surface area contributed by atoms with Gasteiger partial charge in [0.15, 0.2) is 0 Å². The van der Waals surface area contributed by atoms with Crippen molar-refractivity contribution in [3.05, 3.63) is 0 Å². The topological polar surface area (TPSA) is 57.3 Å². The summed E-state index contributed by atoms with van der Waals surface area (Å²) in [5.41, 5.74) is 0. The number of epoxide rings is 1. The molecule has 1 saturated carbocycles. The molecule has 0 aromatic rings. The second-order valence-corrected chi connectivity index (χ2v) is 7.43. The van der Waals surface area contributed by atoms with Crippen molar-refractivity contribution in [3.63, 3.8) is 0 Å². The Kier molecular flexibility index (Phi) is 8.33. The first kappa shape index (κ1) is 19.5. The molecule has 2 rings (SSSR count). The van der Waals surface area contributed by atoms with Gasteiger partial charge in [-0.2, -0.15) is 0 Å². The average Bonchev–Trinajstić information content (AvgIpc) is 3.30. The van der Waals surface area contributed by atoms with Gasteiger partial charge in [0.1, 0.15) is 6.61 Å². The molecule has 1 saturated heterocycles. The number of unbranched alkanes of at least 4 members (excludes halogenated alkanes) is 1. The molecule has 1 aliphatic heterocycles. The minimum absolute atomic E-state index is 0.171. The number of rotatable bonds is 10. The van der Waals surface area contributed by atoms with E-state index in [-0.39, 0.29) is 6.10 Å². The minimum Gasteiger partial charge on any atom is -0.432 e. The van der Waals surface area contributed by atoms with Crippen LogP contribution in [0.2, 0.25) is 0 Å². The smallest absolute Gasteiger partial charge is 0.432 e. The van der Waals surface area contributed by atoms with E-state index < -0.39 is 11.9 Å². The van der Waals surface area contributed by atoms with Crippen molar-refractivity contribution in [2.45, 2.75) is 89.9 Å². The summed E-state index contributed by atoms with van der Waals surface area (Å²) in [6.45, 7) is 5.73. The molecule has 1 heterocycles. The third-order valence-corrected chi connectivity index (χ3v) is 4.81. The van der Waals surface area contributed by atoms with Crippen molar-refractivity contribution in [1.82, 2.24) is 0 Å². The molecule has 0 amide bonds. The Morgan fingerprint density at radius 3 is 2.46 bits per heavy atom. The Hall–Kier alpha value is -0.810. The first-order valence-electron chi connectivity index (χ1n) is 9.71. The Labute approximate surface area is 146 Å². The normalized spacial score (nSPS) is 24.6. The SMILES string of the molecule is CC(C)OC(=O)OC1(CCCCOCCC2CCCCCC2)CO1. The molecule has 1 atom stereocenters. The molecule has 0 aromatic carbocycles. The summed E-state index contributed by atoms with van der Waals surface area (Å²) < 4.78 is 21.3. The van der Waals surface area contributed by atoms with Crippen LogP contribution in [0.25, 0.3) is 0 Å². The van der Waals surface area contributed by atoms with Crippen LogP contribution in [0, 0.1) is 5.92 Å². The first-order valence-corrected chi connectivity index (χ1v) is 9.71. The second-order valence-electron chi connectivity index (χ2n) is 7.43. The Balaban J connectivity index is 1.45. The summed E-state index contributed by atoms with van der Waals surface area (Å²) in [5, 5.41) is 0. The van der Waals surface area contributed by atoms with Gasteiger partial charge < -0.3 is 18.9 Å². The van der Waals surface area contributed by atoms with Crippen LogP contribution in [-0.2, 0) is 18.9 Å². The maximum atomic E-state index is 11.5. The molecule has 0 spiro atoms. The zero-order chi connectivity index (χ0) is 17.3. The van der Waals surface area contributed by atoms with Crippen molar-refractivity contribution in [1.29, 1.82) is 0 Å². The van der Waals surface area contributed by atoms with Crippen molar-refractivity contribution < 1.29 is 23.7 Å². The predicted molar refractivity (Wildman–Crippen MR) is 91.9 cm³/mol. The molecule has 1 unspecified atom stereocenters. The van der Waals surface area contributed by atoms with Crippen LogP contribution in [0.15, 0.2) is 0 Å². The highest BCUT2D eigenvalue weighted by Crippen LogP contribution is 2.34. The van der Waals surface area contributed by atoms with Crippen molar-refractivity contribution >= 4 is 6.16 Å². The van der Waals surface area contributed by atoms with E-state index in [9.17, 15) is 4.79 Å². The van der Waals surface area contributed by atoms with E-state index >= 15 is 0 Å². The number of hydrogen-bond acceptors (Lipinski definition) is 5. The molecule has 2 aliphatic rings. The van der Waals surface area contributed by atoms with Gasteiger partial charge >= 0.3 is 6.16 Å². The standard InChI is InChI=1S/C19H34O5/c1-16(2)23-18(20)24-19(15-22-19)12-7-8-13-21-14-11-17-9-5-3-4-6-10-17/h16-17H,3-15H2,1-2H3. The summed E-state index contributed by atoms with van der Waals surface area (Å²) in [6.07, 6.45) is 11.4. The summed E-state index contributed by atoms with van der Waals surface area (Å²) >= 11 is 0. The predicted octanol–water partition coefficient (Wildman–Crippen LogP) is 4.82. The molecule has 5 nitrogen and oxygen atoms in total. The monoisotopic (exact) mass is 342 g/mol. The highest BCUT2D eigenvalue weighted by atomic mass is 16.9. The zero-order valence-electron chi connectivity index (χ0n) is 15.4. The first-order chi connectivity index (χ1) is 11.6. The van der Waals surface area contributed by atoms with Crippen LogP contribution >= 0.6 is 0 Å². The van der Waals surface area contributed by atoms with Gasteiger partial charge in [-0.15, -0.1) is 0 Å². The molecule has 5 heteroatoms. The fourth-order valence-electron chi connectivity index (χ4n) is 3.31. The van der Waals surface area contributed by atoms with Gasteiger partial charge in [0, 0.05) is 19.6 Å². The lowest BCUT2D eigenvalue weighted by atomic mass is 9.97. The van der Waals surface area contributed by atoms with E-state index in [4.69, 9.17) is 18.9 Å². The molecule has 24 heavy (non-hydrogen) atoms. The van der Waals surface area contributed by atoms with Gasteiger partial charge in [0.05, 0.1) is 6.10 Å². The molecule has 2 fully saturated rings. The lowest BCUT2D eigenvalue weighted by molar-refractivity contribution is -0.0491. The maximum absolute atomic E-state index is 11.5. The van der Waals surface area contributed by atoms with Crippen LogP contribution in [-0.4, -0.2) is 37.9 Å². The fraction of sp³-hybridized carbons (Fsp3) is 0.947. The highest BCUT2D eigenvalue weighted by Gasteiger charge is 2.49. The van der Waals surface area contributed by atoms with E-state index in [0.29, 0.717) is 13.0 Å². The average molecular weight is 342 g/mol. The van der Waals surface area contributed by atoms with Crippen LogP contribution in [0.3, 0.4) is 0 Å². The van der Waals surface area contributed by atoms with Crippen LogP contribution in [0.1, 0.15) is 78.1 Å². The number of ether oxygens (including phenoxy) is 4. The van der Waals surface area contributed by atoms with Crippen molar-refractivity contribution in [2.75, 3.05) is 19.8 Å². The van der Waals surface area contributed by atoms with E-state index in [1.165, 1.54) is 44.9 Å². The molecule has 1 aliphatic carbocycles. The van der Waals surface area contributed by atoms with E-state index in [2.05, 4.69) is 0 Å². The third kappa shape index (κ3) is 7.84. The van der Waals surface area contributed by atoms with E-state index in [0.717, 1.165) is 32.0 Å². The van der Waals surface area contributed by atoms with Gasteiger partial charge in [-0.25, -0.2) is 4.79 Å².